The van der Waals surface area contributed by atoms with Gasteiger partial charge in [0.25, 0.3) is 5.19 Å². The predicted molar refractivity (Wildman–Crippen MR) is 130 cm³/mol. The second-order valence-electron chi connectivity index (χ2n) is 8.32. The lowest BCUT2D eigenvalue weighted by Crippen LogP contribution is -2.16. The zero-order valence-corrected chi connectivity index (χ0v) is 19.2. The van der Waals surface area contributed by atoms with E-state index in [2.05, 4.69) is 39.4 Å². The first kappa shape index (κ1) is 20.8. The van der Waals surface area contributed by atoms with Crippen molar-refractivity contribution in [3.8, 4) is 16.7 Å². The molecule has 4 heterocycles. The first-order chi connectivity index (χ1) is 16.7. The summed E-state index contributed by atoms with van der Waals surface area (Å²) in [5.74, 6) is 2.41. The van der Waals surface area contributed by atoms with Gasteiger partial charge in [0, 0.05) is 23.7 Å². The molecule has 1 aliphatic heterocycles. The van der Waals surface area contributed by atoms with Gasteiger partial charge in [0.05, 0.1) is 6.04 Å². The van der Waals surface area contributed by atoms with E-state index in [9.17, 15) is 0 Å². The van der Waals surface area contributed by atoms with Crippen LogP contribution in [0.5, 0.6) is 16.7 Å². The molecule has 0 bridgehead atoms. The van der Waals surface area contributed by atoms with Crippen LogP contribution in [0.1, 0.15) is 40.4 Å². The van der Waals surface area contributed by atoms with Crippen LogP contribution in [0.2, 0.25) is 0 Å². The number of hydrogen-bond acceptors (Lipinski definition) is 7. The fraction of sp³-hybridized carbons (Fsp3) is 0.192. The highest BCUT2D eigenvalue weighted by Crippen LogP contribution is 2.38. The molecule has 2 unspecified atom stereocenters. The molecule has 5 aromatic rings. The molecule has 0 saturated heterocycles. The lowest BCUT2D eigenvalue weighted by Gasteiger charge is -2.26. The summed E-state index contributed by atoms with van der Waals surface area (Å²) in [6.07, 6.45) is 6.32. The van der Waals surface area contributed by atoms with Crippen LogP contribution in [0.25, 0.3) is 5.65 Å². The highest BCUT2D eigenvalue weighted by atomic mass is 32.1. The Bertz CT molecular complexity index is 1430. The Morgan fingerprint density at radius 1 is 1.09 bits per heavy atom. The van der Waals surface area contributed by atoms with Gasteiger partial charge in [-0.3, -0.25) is 4.40 Å². The minimum atomic E-state index is -0.288. The van der Waals surface area contributed by atoms with Crippen LogP contribution >= 0.6 is 11.3 Å². The van der Waals surface area contributed by atoms with E-state index in [0.29, 0.717) is 11.6 Å². The third-order valence-corrected chi connectivity index (χ3v) is 6.88. The molecule has 3 aromatic heterocycles. The number of benzene rings is 2. The van der Waals surface area contributed by atoms with Crippen LogP contribution in [0.4, 0.5) is 0 Å². The molecule has 2 atom stereocenters. The normalized spacial score (nSPS) is 16.1. The first-order valence-corrected chi connectivity index (χ1v) is 12.1. The van der Waals surface area contributed by atoms with E-state index >= 15 is 0 Å². The molecule has 0 saturated carbocycles. The van der Waals surface area contributed by atoms with Crippen LogP contribution < -0.4 is 15.2 Å². The summed E-state index contributed by atoms with van der Waals surface area (Å²) < 4.78 is 14.2. The van der Waals surface area contributed by atoms with Gasteiger partial charge in [-0.05, 0) is 54.3 Å². The molecule has 6 rings (SSSR count). The van der Waals surface area contributed by atoms with E-state index in [1.807, 2.05) is 59.3 Å². The zero-order valence-electron chi connectivity index (χ0n) is 18.4. The van der Waals surface area contributed by atoms with Gasteiger partial charge < -0.3 is 15.2 Å². The van der Waals surface area contributed by atoms with E-state index in [0.717, 1.165) is 46.3 Å². The van der Waals surface area contributed by atoms with Crippen LogP contribution in [-0.2, 0) is 12.8 Å². The highest BCUT2D eigenvalue weighted by Gasteiger charge is 2.22. The molecule has 0 aliphatic carbocycles. The van der Waals surface area contributed by atoms with Gasteiger partial charge in [-0.25, -0.2) is 4.98 Å². The monoisotopic (exact) mass is 469 g/mol. The van der Waals surface area contributed by atoms with E-state index in [4.69, 9.17) is 15.2 Å². The number of hydrogen-bond donors (Lipinski definition) is 1. The summed E-state index contributed by atoms with van der Waals surface area (Å²) in [5, 5.41) is 9.04. The second kappa shape index (κ2) is 8.89. The summed E-state index contributed by atoms with van der Waals surface area (Å²) in [6, 6.07) is 21.8. The number of rotatable bonds is 6. The van der Waals surface area contributed by atoms with Crippen molar-refractivity contribution in [3.05, 3.63) is 101 Å². The molecule has 34 heavy (non-hydrogen) atoms. The van der Waals surface area contributed by atoms with Crippen molar-refractivity contribution < 1.29 is 9.47 Å². The van der Waals surface area contributed by atoms with Gasteiger partial charge in [-0.15, -0.1) is 10.2 Å². The molecule has 2 aromatic carbocycles. The number of fused-ring (bicyclic) bond motifs is 2. The number of nitrogens with zero attached hydrogens (tertiary/aromatic N) is 4. The minimum Gasteiger partial charge on any atom is -0.485 e. The van der Waals surface area contributed by atoms with Crippen molar-refractivity contribution in [2.24, 2.45) is 5.73 Å². The molecule has 1 aliphatic rings. The number of aryl methyl sites for hydroxylation is 1. The Labute approximate surface area is 200 Å². The number of aromatic nitrogens is 4. The van der Waals surface area contributed by atoms with Crippen molar-refractivity contribution in [1.29, 1.82) is 0 Å². The smallest absolute Gasteiger partial charge is 0.278 e. The number of pyridine rings is 1. The van der Waals surface area contributed by atoms with Gasteiger partial charge in [0.15, 0.2) is 11.5 Å². The Morgan fingerprint density at radius 3 is 2.88 bits per heavy atom. The summed E-state index contributed by atoms with van der Waals surface area (Å²) in [5.41, 5.74) is 9.58. The fourth-order valence-electron chi connectivity index (χ4n) is 4.28. The molecule has 170 valence electrons. The molecule has 0 spiro atoms. The molecular weight excluding hydrogens is 446 g/mol. The standard InChI is InChI=1S/C26H23N5O2S/c27-21(25-30-29-24-8-4-5-13-31(24)25)15-20-16-28-26(34-20)32-19-10-12-23-18(14-19)9-11-22(33-23)17-6-2-1-3-7-17/h1-8,10,12-14,16,21-22H,9,11,15,27H2. The van der Waals surface area contributed by atoms with Crippen molar-refractivity contribution in [3.63, 3.8) is 0 Å². The maximum absolute atomic E-state index is 6.43. The average molecular weight is 470 g/mol. The van der Waals surface area contributed by atoms with Crippen molar-refractivity contribution in [2.45, 2.75) is 31.4 Å². The van der Waals surface area contributed by atoms with Gasteiger partial charge in [0.2, 0.25) is 0 Å². The average Bonchev–Trinajstić information content (AvgIpc) is 3.51. The zero-order chi connectivity index (χ0) is 22.9. The Balaban J connectivity index is 1.12. The maximum Gasteiger partial charge on any atom is 0.278 e. The quantitative estimate of drug-likeness (QED) is 0.364. The van der Waals surface area contributed by atoms with Gasteiger partial charge in [-0.1, -0.05) is 47.7 Å². The molecule has 8 heteroatoms. The van der Waals surface area contributed by atoms with Gasteiger partial charge >= 0.3 is 0 Å². The SMILES string of the molecule is NC(Cc1cnc(Oc2ccc3c(c2)CCC(c2ccccc2)O3)s1)c1nnc2ccccn12. The number of nitrogens with two attached hydrogens (primary N) is 1. The second-order valence-corrected chi connectivity index (χ2v) is 9.40. The number of thiazole rings is 1. The lowest BCUT2D eigenvalue weighted by molar-refractivity contribution is 0.176. The molecular formula is C26H23N5O2S. The van der Waals surface area contributed by atoms with Crippen LogP contribution in [0.15, 0.2) is 79.1 Å². The molecule has 0 fully saturated rings. The van der Waals surface area contributed by atoms with E-state index < -0.39 is 0 Å². The van der Waals surface area contributed by atoms with Crippen LogP contribution in [0, 0.1) is 0 Å². The van der Waals surface area contributed by atoms with Gasteiger partial charge in [0.1, 0.15) is 17.6 Å². The molecule has 7 nitrogen and oxygen atoms in total. The van der Waals surface area contributed by atoms with Gasteiger partial charge in [-0.2, -0.15) is 0 Å². The summed E-state index contributed by atoms with van der Waals surface area (Å²) in [7, 11) is 0. The van der Waals surface area contributed by atoms with Crippen molar-refractivity contribution in [2.75, 3.05) is 0 Å². The largest absolute Gasteiger partial charge is 0.485 e. The van der Waals surface area contributed by atoms with E-state index in [1.54, 1.807) is 0 Å². The minimum absolute atomic E-state index is 0.0913. The maximum atomic E-state index is 6.43. The van der Waals surface area contributed by atoms with E-state index in [-0.39, 0.29) is 12.1 Å². The summed E-state index contributed by atoms with van der Waals surface area (Å²) in [6.45, 7) is 0. The van der Waals surface area contributed by atoms with Crippen molar-refractivity contribution >= 4 is 17.0 Å². The topological polar surface area (TPSA) is 87.6 Å². The Hall–Kier alpha value is -3.75. The van der Waals surface area contributed by atoms with Crippen LogP contribution in [-0.4, -0.2) is 19.6 Å². The molecule has 0 radical (unpaired) electrons. The molecule has 0 amide bonds. The third kappa shape index (κ3) is 4.13. The highest BCUT2D eigenvalue weighted by molar-refractivity contribution is 7.13. The number of ether oxygens (including phenoxy) is 2. The predicted octanol–water partition coefficient (Wildman–Crippen LogP) is 5.29. The lowest BCUT2D eigenvalue weighted by atomic mass is 9.97. The Morgan fingerprint density at radius 2 is 1.97 bits per heavy atom. The summed E-state index contributed by atoms with van der Waals surface area (Å²) in [4.78, 5) is 5.47. The third-order valence-electron chi connectivity index (χ3n) is 5.98. The fourth-order valence-corrected chi connectivity index (χ4v) is 5.12. The Kier molecular flexibility index (Phi) is 5.44. The van der Waals surface area contributed by atoms with Crippen molar-refractivity contribution in [1.82, 2.24) is 19.6 Å². The van der Waals surface area contributed by atoms with E-state index in [1.165, 1.54) is 16.9 Å². The molecule has 2 N–H and O–H groups in total. The first-order valence-electron chi connectivity index (χ1n) is 11.3. The summed E-state index contributed by atoms with van der Waals surface area (Å²) >= 11 is 1.49. The van der Waals surface area contributed by atoms with Crippen LogP contribution in [0.3, 0.4) is 0 Å².